The number of ether oxygens (including phenoxy) is 5. The van der Waals surface area contributed by atoms with Crippen LogP contribution in [0.1, 0.15) is 36.6 Å². The fourth-order valence-electron chi connectivity index (χ4n) is 5.07. The molecular formula is C32H26BrClN2O7S. The first-order chi connectivity index (χ1) is 21.3. The average molecular weight is 698 g/mol. The van der Waals surface area contributed by atoms with Gasteiger partial charge < -0.3 is 23.7 Å². The first-order valence-electron chi connectivity index (χ1n) is 13.6. The van der Waals surface area contributed by atoms with E-state index in [1.165, 1.54) is 15.9 Å². The number of thiazole rings is 1. The van der Waals surface area contributed by atoms with Crippen molar-refractivity contribution in [3.8, 4) is 23.0 Å². The summed E-state index contributed by atoms with van der Waals surface area (Å²) >= 11 is 11.1. The molecule has 2 aliphatic heterocycles. The number of rotatable bonds is 8. The van der Waals surface area contributed by atoms with Gasteiger partial charge in [-0.25, -0.2) is 9.79 Å². The fourth-order valence-corrected chi connectivity index (χ4v) is 6.88. The van der Waals surface area contributed by atoms with E-state index in [4.69, 9.17) is 35.3 Å². The molecule has 1 aromatic heterocycles. The van der Waals surface area contributed by atoms with E-state index in [0.717, 1.165) is 5.56 Å². The number of fused-ring (bicyclic) bond motifs is 2. The van der Waals surface area contributed by atoms with E-state index >= 15 is 0 Å². The number of aromatic nitrogens is 1. The summed E-state index contributed by atoms with van der Waals surface area (Å²) in [5.41, 5.74) is 2.66. The molecule has 12 heteroatoms. The molecule has 2 aliphatic rings. The van der Waals surface area contributed by atoms with Crippen molar-refractivity contribution in [2.24, 2.45) is 4.99 Å². The summed E-state index contributed by atoms with van der Waals surface area (Å²) in [6.07, 6.45) is 1.76. The Balaban J connectivity index is 1.42. The molecule has 3 heterocycles. The quantitative estimate of drug-likeness (QED) is 0.224. The number of esters is 1. The Morgan fingerprint density at radius 1 is 1.18 bits per heavy atom. The number of benzene rings is 3. The summed E-state index contributed by atoms with van der Waals surface area (Å²) < 4.78 is 30.7. The van der Waals surface area contributed by atoms with Gasteiger partial charge in [0.05, 0.1) is 40.0 Å². The van der Waals surface area contributed by atoms with E-state index in [2.05, 4.69) is 20.9 Å². The molecule has 0 saturated heterocycles. The molecule has 0 spiro atoms. The van der Waals surface area contributed by atoms with Gasteiger partial charge in [-0.2, -0.15) is 0 Å². The Bertz CT molecular complexity index is 2000. The van der Waals surface area contributed by atoms with Crippen molar-refractivity contribution >= 4 is 50.9 Å². The van der Waals surface area contributed by atoms with Crippen molar-refractivity contribution in [1.29, 1.82) is 0 Å². The van der Waals surface area contributed by atoms with Gasteiger partial charge in [-0.3, -0.25) is 9.36 Å². The second-order valence-corrected chi connectivity index (χ2v) is 12.1. The molecule has 6 rings (SSSR count). The van der Waals surface area contributed by atoms with Crippen LogP contribution in [0.25, 0.3) is 6.08 Å². The van der Waals surface area contributed by atoms with Crippen molar-refractivity contribution in [3.05, 3.63) is 112 Å². The largest absolute Gasteiger partial charge is 0.493 e. The number of hydrogen-bond acceptors (Lipinski definition) is 9. The minimum atomic E-state index is -0.774. The first-order valence-corrected chi connectivity index (χ1v) is 15.6. The number of hydrogen-bond donors (Lipinski definition) is 0. The highest BCUT2D eigenvalue weighted by atomic mass is 79.9. The van der Waals surface area contributed by atoms with Crippen molar-refractivity contribution in [3.63, 3.8) is 0 Å². The van der Waals surface area contributed by atoms with Gasteiger partial charge in [-0.05, 0) is 77.3 Å². The normalized spacial score (nSPS) is 15.6. The predicted molar refractivity (Wildman–Crippen MR) is 169 cm³/mol. The van der Waals surface area contributed by atoms with Crippen LogP contribution in [0, 0.1) is 0 Å². The zero-order valence-corrected chi connectivity index (χ0v) is 27.0. The summed E-state index contributed by atoms with van der Waals surface area (Å²) in [7, 11) is 1.55. The monoisotopic (exact) mass is 696 g/mol. The van der Waals surface area contributed by atoms with Crippen LogP contribution in [0.3, 0.4) is 0 Å². The van der Waals surface area contributed by atoms with E-state index in [1.807, 2.05) is 30.3 Å². The molecule has 3 aromatic carbocycles. The van der Waals surface area contributed by atoms with Crippen molar-refractivity contribution in [2.75, 3.05) is 20.5 Å². The highest BCUT2D eigenvalue weighted by Gasteiger charge is 2.34. The maximum atomic E-state index is 14.0. The van der Waals surface area contributed by atoms with Gasteiger partial charge in [0.15, 0.2) is 27.8 Å². The molecule has 0 fully saturated rings. The highest BCUT2D eigenvalue weighted by Crippen LogP contribution is 2.39. The number of methoxy groups -OCH3 is 1. The van der Waals surface area contributed by atoms with Crippen LogP contribution in [0.5, 0.6) is 23.0 Å². The lowest BCUT2D eigenvalue weighted by atomic mass is 9.95. The van der Waals surface area contributed by atoms with Crippen LogP contribution in [0.15, 0.2) is 80.1 Å². The second-order valence-electron chi connectivity index (χ2n) is 9.83. The van der Waals surface area contributed by atoms with E-state index in [-0.39, 0.29) is 31.1 Å². The van der Waals surface area contributed by atoms with Crippen molar-refractivity contribution < 1.29 is 28.5 Å². The zero-order valence-electron chi connectivity index (χ0n) is 23.9. The molecule has 1 atom stereocenters. The second kappa shape index (κ2) is 12.5. The molecule has 0 radical (unpaired) electrons. The van der Waals surface area contributed by atoms with Crippen LogP contribution in [0.4, 0.5) is 0 Å². The Hall–Kier alpha value is -4.06. The molecule has 1 unspecified atom stereocenters. The maximum Gasteiger partial charge on any atom is 0.338 e. The Kier molecular flexibility index (Phi) is 8.53. The third kappa shape index (κ3) is 5.62. The first kappa shape index (κ1) is 30.0. The topological polar surface area (TPSA) is 97.6 Å². The summed E-state index contributed by atoms with van der Waals surface area (Å²) in [6, 6.07) is 15.7. The van der Waals surface area contributed by atoms with Gasteiger partial charge in [-0.15, -0.1) is 0 Å². The highest BCUT2D eigenvalue weighted by molar-refractivity contribution is 9.10. The van der Waals surface area contributed by atoms with Gasteiger partial charge >= 0.3 is 5.97 Å². The standard InChI is InChI=1S/C32H26BrClN2O7S/c1-4-40-31(38)27-17(2)35-32-36(28(27)19-9-10-23-24(14-19)43-16-42-23)30(37)26(44-32)13-18-11-21(33)29(25(12-18)39-3)41-15-20-7-5-6-8-22(20)34/h5-14,28H,4,15-16H2,1-3H3/b26-13-. The smallest absolute Gasteiger partial charge is 0.338 e. The van der Waals surface area contributed by atoms with Gasteiger partial charge in [-0.1, -0.05) is 47.2 Å². The lowest BCUT2D eigenvalue weighted by molar-refractivity contribution is -0.139. The number of carbonyl (C=O) groups excluding carboxylic acids is 1. The molecular weight excluding hydrogens is 672 g/mol. The number of halogens is 2. The SMILES string of the molecule is CCOC(=O)C1=C(C)N=c2s/c(=C\c3cc(Br)c(OCc4ccccc4Cl)c(OC)c3)c(=O)n2C1c1ccc2c(c1)OCO2. The fraction of sp³-hybridized carbons (Fsp3) is 0.219. The molecule has 44 heavy (non-hydrogen) atoms. The van der Waals surface area contributed by atoms with Gasteiger partial charge in [0.1, 0.15) is 6.61 Å². The molecule has 0 aliphatic carbocycles. The van der Waals surface area contributed by atoms with Gasteiger partial charge in [0.25, 0.3) is 5.56 Å². The molecule has 4 aromatic rings. The van der Waals surface area contributed by atoms with E-state index in [1.54, 1.807) is 51.3 Å². The lowest BCUT2D eigenvalue weighted by Gasteiger charge is -2.24. The van der Waals surface area contributed by atoms with E-state index in [9.17, 15) is 9.59 Å². The van der Waals surface area contributed by atoms with Crippen LogP contribution in [-0.4, -0.2) is 31.0 Å². The molecule has 0 bridgehead atoms. The molecule has 9 nitrogen and oxygen atoms in total. The third-order valence-electron chi connectivity index (χ3n) is 7.11. The molecule has 0 amide bonds. The van der Waals surface area contributed by atoms with Crippen LogP contribution < -0.4 is 33.8 Å². The summed E-state index contributed by atoms with van der Waals surface area (Å²) in [6.45, 7) is 4.01. The van der Waals surface area contributed by atoms with Crippen LogP contribution >= 0.6 is 38.9 Å². The Morgan fingerprint density at radius 2 is 1.98 bits per heavy atom. The maximum absolute atomic E-state index is 14.0. The van der Waals surface area contributed by atoms with Crippen molar-refractivity contribution in [1.82, 2.24) is 4.57 Å². The Morgan fingerprint density at radius 3 is 2.75 bits per heavy atom. The number of carbonyl (C=O) groups is 1. The van der Waals surface area contributed by atoms with Crippen LogP contribution in [-0.2, 0) is 16.1 Å². The predicted octanol–water partition coefficient (Wildman–Crippen LogP) is 5.53. The molecule has 0 saturated carbocycles. The molecule has 0 N–H and O–H groups in total. The Labute approximate surface area is 269 Å². The van der Waals surface area contributed by atoms with Gasteiger partial charge in [0.2, 0.25) is 6.79 Å². The van der Waals surface area contributed by atoms with Gasteiger partial charge in [0, 0.05) is 10.6 Å². The van der Waals surface area contributed by atoms with Crippen LogP contribution in [0.2, 0.25) is 5.02 Å². The van der Waals surface area contributed by atoms with E-state index in [0.29, 0.717) is 58.7 Å². The lowest BCUT2D eigenvalue weighted by Crippen LogP contribution is -2.39. The summed E-state index contributed by atoms with van der Waals surface area (Å²) in [5, 5.41) is 0.606. The molecule has 226 valence electrons. The zero-order chi connectivity index (χ0) is 31.0. The minimum Gasteiger partial charge on any atom is -0.493 e. The average Bonchev–Trinajstić information content (AvgIpc) is 3.60. The van der Waals surface area contributed by atoms with E-state index < -0.39 is 12.0 Å². The number of allylic oxidation sites excluding steroid dienone is 1. The van der Waals surface area contributed by atoms with Crippen molar-refractivity contribution in [2.45, 2.75) is 26.5 Å². The minimum absolute atomic E-state index is 0.101. The summed E-state index contributed by atoms with van der Waals surface area (Å²) in [5.74, 6) is 1.58. The summed E-state index contributed by atoms with van der Waals surface area (Å²) in [4.78, 5) is 32.3. The third-order valence-corrected chi connectivity index (χ3v) is 9.05. The number of nitrogens with zero attached hydrogens (tertiary/aromatic N) is 2.